The number of thiophene rings is 5. The summed E-state index contributed by atoms with van der Waals surface area (Å²) in [6, 6.07) is 20.3. The van der Waals surface area contributed by atoms with Crippen molar-refractivity contribution in [1.29, 1.82) is 21.0 Å². The highest BCUT2D eigenvalue weighted by Gasteiger charge is 2.23. The Kier molecular flexibility index (Phi) is 15.1. The van der Waals surface area contributed by atoms with Gasteiger partial charge in [0.25, 0.3) is 0 Å². The molecule has 5 heterocycles. The van der Waals surface area contributed by atoms with Gasteiger partial charge in [0, 0.05) is 28.6 Å². The normalized spacial score (nSPS) is 12.9. The smallest absolute Gasteiger partial charge is 0.146 e. The number of nitrogens with zero attached hydrogens (tertiary/aromatic N) is 4. The molecular weight excluding hydrogens is 773 g/mol. The van der Waals surface area contributed by atoms with Crippen molar-refractivity contribution in [1.82, 2.24) is 0 Å². The fraction of sp³-hybridized carbons (Fsp3) is 0.364. The molecule has 0 aliphatic carbocycles. The second kappa shape index (κ2) is 19.9. The standard InChI is InChI=1S/C44H46N6S5/c1-5-9-11-27(7-3)17-29-19-39(53-37(29)21-33-13-15-35(51-33)31(23-45)24-46)43-41(49)42(50)44(55-43)40-20-30(18-28(8-4)12-10-6-2)38(54-40)22-34-14-16-36(52-34)32(25-47)26-48/h13-16,19-22,27-28H,5-12,17-18,49-50H2,1-4H3/b33-21+,34-22+. The zero-order chi connectivity index (χ0) is 39.5. The van der Waals surface area contributed by atoms with Crippen LogP contribution in [0.5, 0.6) is 0 Å². The topological polar surface area (TPSA) is 147 Å². The molecule has 282 valence electrons. The maximum absolute atomic E-state index is 9.43. The predicted molar refractivity (Wildman–Crippen MR) is 237 cm³/mol. The first-order valence-electron chi connectivity index (χ1n) is 18.9. The van der Waals surface area contributed by atoms with Gasteiger partial charge >= 0.3 is 0 Å². The van der Waals surface area contributed by atoms with Crippen LogP contribution in [0, 0.1) is 57.2 Å². The van der Waals surface area contributed by atoms with Crippen molar-refractivity contribution in [2.45, 2.75) is 91.9 Å². The SMILES string of the molecule is CCCCC(CC)Cc1cc(-c2sc(-c3cc(CC(CC)CCCC)c(/C=c4\ccc(=C(C#N)C#N)s4)s3)c(N)c2N)sc1/C=c1\ccc(=C(C#N)C#N)s1. The summed E-state index contributed by atoms with van der Waals surface area (Å²) in [4.78, 5) is 6.46. The average molecular weight is 819 g/mol. The lowest BCUT2D eigenvalue weighted by Crippen LogP contribution is -2.04. The highest BCUT2D eigenvalue weighted by molar-refractivity contribution is 7.28. The molecule has 0 bridgehead atoms. The summed E-state index contributed by atoms with van der Waals surface area (Å²) in [6.45, 7) is 9.02. The Morgan fingerprint density at radius 1 is 0.600 bits per heavy atom. The molecule has 0 saturated heterocycles. The minimum absolute atomic E-state index is 0.131. The first-order chi connectivity index (χ1) is 26.7. The van der Waals surface area contributed by atoms with Gasteiger partial charge in [-0.3, -0.25) is 0 Å². The lowest BCUT2D eigenvalue weighted by atomic mass is 9.92. The molecule has 2 atom stereocenters. The van der Waals surface area contributed by atoms with Gasteiger partial charge in [-0.25, -0.2) is 0 Å². The van der Waals surface area contributed by atoms with Crippen molar-refractivity contribution < 1.29 is 0 Å². The average Bonchev–Trinajstić information content (AvgIpc) is 4.04. The minimum Gasteiger partial charge on any atom is -0.396 e. The summed E-state index contributed by atoms with van der Waals surface area (Å²) < 4.78 is 3.36. The molecule has 0 spiro atoms. The number of nitriles is 4. The van der Waals surface area contributed by atoms with Gasteiger partial charge in [-0.2, -0.15) is 21.0 Å². The molecule has 0 aromatic carbocycles. The molecule has 6 nitrogen and oxygen atoms in total. The van der Waals surface area contributed by atoms with E-state index in [0.717, 1.165) is 54.3 Å². The van der Waals surface area contributed by atoms with Crippen LogP contribution in [0.4, 0.5) is 11.4 Å². The van der Waals surface area contributed by atoms with Crippen molar-refractivity contribution in [3.8, 4) is 43.8 Å². The molecule has 0 aliphatic heterocycles. The number of anilines is 2. The third kappa shape index (κ3) is 10.1. The maximum atomic E-state index is 9.43. The van der Waals surface area contributed by atoms with Gasteiger partial charge in [0.2, 0.25) is 0 Å². The third-order valence-electron chi connectivity index (χ3n) is 9.96. The van der Waals surface area contributed by atoms with Crippen molar-refractivity contribution in [3.63, 3.8) is 0 Å². The van der Waals surface area contributed by atoms with Crippen LogP contribution in [-0.2, 0) is 12.8 Å². The summed E-state index contributed by atoms with van der Waals surface area (Å²) in [5.74, 6) is 1.14. The Morgan fingerprint density at radius 2 is 1.00 bits per heavy atom. The molecular formula is C44H46N6S5. The van der Waals surface area contributed by atoms with Gasteiger partial charge < -0.3 is 11.5 Å². The van der Waals surface area contributed by atoms with Crippen molar-refractivity contribution in [3.05, 3.63) is 75.4 Å². The number of nitrogens with two attached hydrogens (primary N) is 2. The van der Waals surface area contributed by atoms with Crippen molar-refractivity contribution in [2.24, 2.45) is 11.8 Å². The summed E-state index contributed by atoms with van der Waals surface area (Å²) in [6.07, 6.45) is 15.6. The van der Waals surface area contributed by atoms with Crippen LogP contribution >= 0.6 is 56.7 Å². The van der Waals surface area contributed by atoms with Gasteiger partial charge in [0.05, 0.1) is 30.2 Å². The number of nitrogen functional groups attached to an aromatic ring is 2. The quantitative estimate of drug-likeness (QED) is 0.101. The van der Waals surface area contributed by atoms with E-state index in [1.165, 1.54) is 82.1 Å². The summed E-state index contributed by atoms with van der Waals surface area (Å²) >= 11 is 8.01. The number of unbranched alkanes of at least 4 members (excludes halogenated alkanes) is 2. The highest BCUT2D eigenvalue weighted by atomic mass is 32.1. The molecule has 0 radical (unpaired) electrons. The third-order valence-corrected chi connectivity index (χ3v) is 15.9. The van der Waals surface area contributed by atoms with E-state index in [4.69, 9.17) is 11.5 Å². The van der Waals surface area contributed by atoms with Crippen LogP contribution in [0.3, 0.4) is 0 Å². The minimum atomic E-state index is 0.131. The van der Waals surface area contributed by atoms with E-state index in [2.05, 4.69) is 52.0 Å². The van der Waals surface area contributed by atoms with Crippen LogP contribution in [0.25, 0.3) is 42.8 Å². The van der Waals surface area contributed by atoms with Crippen molar-refractivity contribution in [2.75, 3.05) is 11.5 Å². The van der Waals surface area contributed by atoms with E-state index in [0.29, 0.717) is 32.3 Å². The largest absolute Gasteiger partial charge is 0.396 e. The van der Waals surface area contributed by atoms with E-state index in [-0.39, 0.29) is 11.1 Å². The molecule has 55 heavy (non-hydrogen) atoms. The summed E-state index contributed by atoms with van der Waals surface area (Å²) in [5.41, 5.74) is 17.8. The molecule has 5 rings (SSSR count). The molecule has 11 heteroatoms. The molecule has 2 unspecified atom stereocenters. The highest BCUT2D eigenvalue weighted by Crippen LogP contribution is 2.51. The van der Waals surface area contributed by atoms with Crippen LogP contribution in [0.1, 0.15) is 99.9 Å². The van der Waals surface area contributed by atoms with Crippen LogP contribution < -0.4 is 29.6 Å². The van der Waals surface area contributed by atoms with E-state index in [9.17, 15) is 21.0 Å². The first kappa shape index (κ1) is 41.7. The molecule has 5 aromatic rings. The summed E-state index contributed by atoms with van der Waals surface area (Å²) in [5, 5.41) is 37.7. The molecule has 0 aliphatic rings. The van der Waals surface area contributed by atoms with Gasteiger partial charge in [-0.1, -0.05) is 79.1 Å². The first-order valence-corrected chi connectivity index (χ1v) is 23.0. The second-order valence-electron chi connectivity index (χ2n) is 13.7. The fourth-order valence-electron chi connectivity index (χ4n) is 6.66. The second-order valence-corrected chi connectivity index (χ2v) is 19.1. The zero-order valence-corrected chi connectivity index (χ0v) is 35.9. The summed E-state index contributed by atoms with van der Waals surface area (Å²) in [7, 11) is 0. The number of rotatable bonds is 16. The van der Waals surface area contributed by atoms with Crippen molar-refractivity contribution >= 4 is 91.4 Å². The van der Waals surface area contributed by atoms with Gasteiger partial charge in [0.1, 0.15) is 35.4 Å². The van der Waals surface area contributed by atoms with Gasteiger partial charge in [0.15, 0.2) is 0 Å². The van der Waals surface area contributed by atoms with Gasteiger partial charge in [-0.05, 0) is 84.4 Å². The number of hydrogen-bond acceptors (Lipinski definition) is 11. The maximum Gasteiger partial charge on any atom is 0.146 e. The lowest BCUT2D eigenvalue weighted by Gasteiger charge is -2.14. The Morgan fingerprint density at radius 3 is 1.35 bits per heavy atom. The zero-order valence-electron chi connectivity index (χ0n) is 31.8. The molecule has 0 fully saturated rings. The van der Waals surface area contributed by atoms with E-state index in [1.807, 2.05) is 48.5 Å². The van der Waals surface area contributed by atoms with Crippen LogP contribution in [-0.4, -0.2) is 0 Å². The molecule has 0 saturated carbocycles. The van der Waals surface area contributed by atoms with E-state index in [1.54, 1.807) is 34.0 Å². The predicted octanol–water partition coefficient (Wildman–Crippen LogP) is 10.1. The molecule has 4 N–H and O–H groups in total. The van der Waals surface area contributed by atoms with Crippen LogP contribution in [0.15, 0.2) is 36.4 Å². The Labute approximate surface area is 344 Å². The lowest BCUT2D eigenvalue weighted by molar-refractivity contribution is 0.449. The Hall–Kier alpha value is -4.46. The Balaban J connectivity index is 1.62. The monoisotopic (exact) mass is 818 g/mol. The van der Waals surface area contributed by atoms with E-state index >= 15 is 0 Å². The fourth-order valence-corrected chi connectivity index (χ4v) is 12.3. The van der Waals surface area contributed by atoms with Gasteiger partial charge in [-0.15, -0.1) is 56.7 Å². The number of hydrogen-bond donors (Lipinski definition) is 2. The van der Waals surface area contributed by atoms with Crippen LogP contribution in [0.2, 0.25) is 0 Å². The molecule has 0 amide bonds. The molecule has 5 aromatic heterocycles. The van der Waals surface area contributed by atoms with E-state index < -0.39 is 0 Å². The Bertz CT molecular complexity index is 2340.